The summed E-state index contributed by atoms with van der Waals surface area (Å²) >= 11 is 0. The SMILES string of the molecule is CCCCN(C)CCC(=O)N1CCN(C=O)CC1. The zero-order valence-corrected chi connectivity index (χ0v) is 11.6. The predicted molar refractivity (Wildman–Crippen MR) is 71.2 cm³/mol. The summed E-state index contributed by atoms with van der Waals surface area (Å²) in [5.74, 6) is 0.212. The van der Waals surface area contributed by atoms with Crippen LogP contribution in [0.2, 0.25) is 0 Å². The summed E-state index contributed by atoms with van der Waals surface area (Å²) in [6.07, 6.45) is 3.82. The first kappa shape index (κ1) is 15.0. The van der Waals surface area contributed by atoms with Crippen LogP contribution in [0, 0.1) is 0 Å². The maximum absolute atomic E-state index is 12.0. The summed E-state index contributed by atoms with van der Waals surface area (Å²) in [6.45, 7) is 6.75. The van der Waals surface area contributed by atoms with Crippen molar-refractivity contribution in [2.24, 2.45) is 0 Å². The number of rotatable bonds is 7. The van der Waals surface area contributed by atoms with E-state index >= 15 is 0 Å². The second-order valence-electron chi connectivity index (χ2n) is 4.93. The smallest absolute Gasteiger partial charge is 0.223 e. The number of hydrogen-bond acceptors (Lipinski definition) is 3. The summed E-state index contributed by atoms with van der Waals surface area (Å²) in [6, 6.07) is 0. The third kappa shape index (κ3) is 5.04. The molecule has 0 aliphatic carbocycles. The maximum Gasteiger partial charge on any atom is 0.223 e. The van der Waals surface area contributed by atoms with E-state index in [1.54, 1.807) is 4.90 Å². The summed E-state index contributed by atoms with van der Waals surface area (Å²) in [7, 11) is 2.06. The quantitative estimate of drug-likeness (QED) is 0.619. The molecule has 1 aliphatic rings. The molecule has 1 fully saturated rings. The molecule has 0 N–H and O–H groups in total. The molecular weight excluding hydrogens is 230 g/mol. The fraction of sp³-hybridized carbons (Fsp3) is 0.846. The number of nitrogens with zero attached hydrogens (tertiary/aromatic N) is 3. The van der Waals surface area contributed by atoms with E-state index in [0.717, 1.165) is 19.5 Å². The first-order chi connectivity index (χ1) is 8.67. The number of hydrogen-bond donors (Lipinski definition) is 0. The van der Waals surface area contributed by atoms with Crippen molar-refractivity contribution in [3.8, 4) is 0 Å². The van der Waals surface area contributed by atoms with E-state index in [2.05, 4.69) is 18.9 Å². The standard InChI is InChI=1S/C13H25N3O2/c1-3-4-6-14(2)7-5-13(18)16-10-8-15(12-17)9-11-16/h12H,3-11H2,1-2H3. The van der Waals surface area contributed by atoms with Gasteiger partial charge in [-0.2, -0.15) is 0 Å². The molecule has 0 radical (unpaired) electrons. The van der Waals surface area contributed by atoms with Crippen LogP contribution in [0.15, 0.2) is 0 Å². The highest BCUT2D eigenvalue weighted by Crippen LogP contribution is 2.03. The summed E-state index contributed by atoms with van der Waals surface area (Å²) in [5, 5.41) is 0. The van der Waals surface area contributed by atoms with Gasteiger partial charge < -0.3 is 14.7 Å². The Balaban J connectivity index is 2.19. The molecule has 0 aromatic rings. The van der Waals surface area contributed by atoms with Crippen LogP contribution < -0.4 is 0 Å². The Bertz CT molecular complexity index is 263. The zero-order chi connectivity index (χ0) is 13.4. The minimum absolute atomic E-state index is 0.212. The summed E-state index contributed by atoms with van der Waals surface area (Å²) in [5.41, 5.74) is 0. The van der Waals surface area contributed by atoms with Crippen LogP contribution in [0.3, 0.4) is 0 Å². The topological polar surface area (TPSA) is 43.9 Å². The van der Waals surface area contributed by atoms with E-state index in [1.165, 1.54) is 12.8 Å². The van der Waals surface area contributed by atoms with Crippen molar-refractivity contribution >= 4 is 12.3 Å². The average Bonchev–Trinajstić information content (AvgIpc) is 2.42. The molecule has 0 bridgehead atoms. The fourth-order valence-electron chi connectivity index (χ4n) is 2.06. The molecule has 1 rings (SSSR count). The Kier molecular flexibility index (Phi) is 6.72. The summed E-state index contributed by atoms with van der Waals surface area (Å²) in [4.78, 5) is 28.3. The van der Waals surface area contributed by atoms with Gasteiger partial charge in [-0.25, -0.2) is 0 Å². The van der Waals surface area contributed by atoms with Gasteiger partial charge in [0.1, 0.15) is 0 Å². The third-order valence-electron chi connectivity index (χ3n) is 3.42. The molecule has 0 saturated carbocycles. The first-order valence-electron chi connectivity index (χ1n) is 6.83. The van der Waals surface area contributed by atoms with E-state index in [0.29, 0.717) is 32.6 Å². The van der Waals surface area contributed by atoms with Crippen molar-refractivity contribution in [2.75, 3.05) is 46.3 Å². The largest absolute Gasteiger partial charge is 0.342 e. The second kappa shape index (κ2) is 8.08. The lowest BCUT2D eigenvalue weighted by Gasteiger charge is -2.33. The van der Waals surface area contributed by atoms with Crippen molar-refractivity contribution in [1.82, 2.24) is 14.7 Å². The van der Waals surface area contributed by atoms with Crippen molar-refractivity contribution in [2.45, 2.75) is 26.2 Å². The number of piperazine rings is 1. The van der Waals surface area contributed by atoms with Gasteiger partial charge in [0.05, 0.1) is 0 Å². The van der Waals surface area contributed by atoms with Gasteiger partial charge in [0.25, 0.3) is 0 Å². The highest BCUT2D eigenvalue weighted by molar-refractivity contribution is 5.76. The minimum Gasteiger partial charge on any atom is -0.342 e. The van der Waals surface area contributed by atoms with Crippen LogP contribution >= 0.6 is 0 Å². The molecule has 2 amide bonds. The molecular formula is C13H25N3O2. The highest BCUT2D eigenvalue weighted by Gasteiger charge is 2.19. The third-order valence-corrected chi connectivity index (χ3v) is 3.42. The van der Waals surface area contributed by atoms with Crippen LogP contribution in [0.5, 0.6) is 0 Å². The molecule has 1 heterocycles. The maximum atomic E-state index is 12.0. The Morgan fingerprint density at radius 1 is 1.22 bits per heavy atom. The minimum atomic E-state index is 0.212. The monoisotopic (exact) mass is 255 g/mol. The number of carbonyl (C=O) groups is 2. The fourth-order valence-corrected chi connectivity index (χ4v) is 2.06. The Morgan fingerprint density at radius 3 is 2.44 bits per heavy atom. The van der Waals surface area contributed by atoms with Crippen molar-refractivity contribution in [3.63, 3.8) is 0 Å². The molecule has 5 heteroatoms. The van der Waals surface area contributed by atoms with Gasteiger partial charge in [-0.3, -0.25) is 9.59 Å². The summed E-state index contributed by atoms with van der Waals surface area (Å²) < 4.78 is 0. The lowest BCUT2D eigenvalue weighted by atomic mass is 10.2. The second-order valence-corrected chi connectivity index (χ2v) is 4.93. The van der Waals surface area contributed by atoms with Gasteiger partial charge in [-0.05, 0) is 20.0 Å². The van der Waals surface area contributed by atoms with E-state index < -0.39 is 0 Å². The van der Waals surface area contributed by atoms with Crippen molar-refractivity contribution in [1.29, 1.82) is 0 Å². The van der Waals surface area contributed by atoms with Crippen molar-refractivity contribution in [3.05, 3.63) is 0 Å². The van der Waals surface area contributed by atoms with Crippen molar-refractivity contribution < 1.29 is 9.59 Å². The zero-order valence-electron chi connectivity index (χ0n) is 11.6. The van der Waals surface area contributed by atoms with E-state index in [-0.39, 0.29) is 5.91 Å². The number of unbranched alkanes of at least 4 members (excludes halogenated alkanes) is 1. The normalized spacial score (nSPS) is 16.2. The van der Waals surface area contributed by atoms with Gasteiger partial charge in [0.15, 0.2) is 0 Å². The number of amides is 2. The molecule has 1 aliphatic heterocycles. The Morgan fingerprint density at radius 2 is 1.89 bits per heavy atom. The van der Waals surface area contributed by atoms with Gasteiger partial charge in [0, 0.05) is 39.1 Å². The molecule has 0 spiro atoms. The lowest BCUT2D eigenvalue weighted by molar-refractivity contribution is -0.135. The van der Waals surface area contributed by atoms with Gasteiger partial charge in [-0.1, -0.05) is 13.3 Å². The van der Waals surface area contributed by atoms with E-state index in [1.807, 2.05) is 4.90 Å². The van der Waals surface area contributed by atoms with Crippen LogP contribution in [0.1, 0.15) is 26.2 Å². The molecule has 0 unspecified atom stereocenters. The molecule has 5 nitrogen and oxygen atoms in total. The number of carbonyl (C=O) groups excluding carboxylic acids is 2. The van der Waals surface area contributed by atoms with Gasteiger partial charge in [-0.15, -0.1) is 0 Å². The Hall–Kier alpha value is -1.10. The van der Waals surface area contributed by atoms with Crippen LogP contribution in [0.4, 0.5) is 0 Å². The van der Waals surface area contributed by atoms with E-state index in [4.69, 9.17) is 0 Å². The highest BCUT2D eigenvalue weighted by atomic mass is 16.2. The van der Waals surface area contributed by atoms with E-state index in [9.17, 15) is 9.59 Å². The lowest BCUT2D eigenvalue weighted by Crippen LogP contribution is -2.48. The van der Waals surface area contributed by atoms with Crippen LogP contribution in [-0.2, 0) is 9.59 Å². The molecule has 1 saturated heterocycles. The average molecular weight is 255 g/mol. The molecule has 0 aromatic carbocycles. The Labute approximate surface area is 110 Å². The molecule has 0 atom stereocenters. The van der Waals surface area contributed by atoms with Gasteiger partial charge >= 0.3 is 0 Å². The predicted octanol–water partition coefficient (Wildman–Crippen LogP) is 0.409. The van der Waals surface area contributed by atoms with Crippen LogP contribution in [0.25, 0.3) is 0 Å². The van der Waals surface area contributed by atoms with Crippen LogP contribution in [-0.4, -0.2) is 73.3 Å². The molecule has 0 aromatic heterocycles. The van der Waals surface area contributed by atoms with Gasteiger partial charge in [0.2, 0.25) is 12.3 Å². The molecule has 18 heavy (non-hydrogen) atoms. The molecule has 104 valence electrons. The first-order valence-corrected chi connectivity index (χ1v) is 6.83.